The van der Waals surface area contributed by atoms with Crippen LogP contribution in [0.25, 0.3) is 0 Å². The first kappa shape index (κ1) is 17.6. The fraction of sp³-hybridized carbons (Fsp3) is 0.579. The molecule has 0 unspecified atom stereocenters. The minimum atomic E-state index is -0.113. The normalized spacial score (nSPS) is 18.5. The van der Waals surface area contributed by atoms with Crippen LogP contribution in [0.2, 0.25) is 0 Å². The van der Waals surface area contributed by atoms with E-state index in [-0.39, 0.29) is 18.5 Å². The molecule has 6 nitrogen and oxygen atoms in total. The molecule has 1 saturated heterocycles. The highest BCUT2D eigenvalue weighted by Gasteiger charge is 2.30. The third-order valence-electron chi connectivity index (χ3n) is 5.13. The molecule has 0 spiro atoms. The number of carbonyl (C=O) groups excluding carboxylic acids is 2. The fourth-order valence-corrected chi connectivity index (χ4v) is 3.61. The van der Waals surface area contributed by atoms with Crippen LogP contribution < -0.4 is 15.0 Å². The molecular formula is C19H27N3O3. The van der Waals surface area contributed by atoms with Gasteiger partial charge in [0.05, 0.1) is 7.11 Å². The van der Waals surface area contributed by atoms with Gasteiger partial charge in [-0.2, -0.15) is 0 Å². The van der Waals surface area contributed by atoms with Gasteiger partial charge in [0.15, 0.2) is 0 Å². The maximum Gasteiger partial charge on any atom is 0.325 e. The van der Waals surface area contributed by atoms with Gasteiger partial charge in [-0.15, -0.1) is 0 Å². The van der Waals surface area contributed by atoms with E-state index in [0.29, 0.717) is 19.0 Å². The second-order valence-corrected chi connectivity index (χ2v) is 6.86. The molecule has 0 atom stereocenters. The molecule has 3 rings (SSSR count). The first-order valence-corrected chi connectivity index (χ1v) is 9.14. The average Bonchev–Trinajstić information content (AvgIpc) is 3.01. The van der Waals surface area contributed by atoms with Gasteiger partial charge in [-0.3, -0.25) is 9.69 Å². The van der Waals surface area contributed by atoms with Crippen molar-refractivity contribution in [3.63, 3.8) is 0 Å². The number of nitrogens with zero attached hydrogens (tertiary/aromatic N) is 2. The predicted octanol–water partition coefficient (Wildman–Crippen LogP) is 2.63. The van der Waals surface area contributed by atoms with Crippen LogP contribution in [-0.4, -0.2) is 50.1 Å². The van der Waals surface area contributed by atoms with E-state index >= 15 is 0 Å². The molecule has 0 radical (unpaired) electrons. The quantitative estimate of drug-likeness (QED) is 0.862. The van der Waals surface area contributed by atoms with Crippen molar-refractivity contribution >= 4 is 17.6 Å². The van der Waals surface area contributed by atoms with Crippen molar-refractivity contribution < 1.29 is 14.3 Å². The van der Waals surface area contributed by atoms with Crippen LogP contribution in [-0.2, 0) is 4.79 Å². The van der Waals surface area contributed by atoms with Crippen molar-refractivity contribution in [1.29, 1.82) is 0 Å². The highest BCUT2D eigenvalue weighted by molar-refractivity contribution is 5.96. The van der Waals surface area contributed by atoms with Crippen molar-refractivity contribution in [2.24, 2.45) is 5.92 Å². The number of rotatable bonds is 6. The van der Waals surface area contributed by atoms with Crippen LogP contribution in [0.3, 0.4) is 0 Å². The number of hydrogen-bond donors (Lipinski definition) is 1. The molecular weight excluding hydrogens is 318 g/mol. The summed E-state index contributed by atoms with van der Waals surface area (Å²) in [7, 11) is 1.61. The molecule has 1 aliphatic carbocycles. The van der Waals surface area contributed by atoms with Gasteiger partial charge >= 0.3 is 6.03 Å². The molecule has 1 aromatic carbocycles. The van der Waals surface area contributed by atoms with E-state index in [4.69, 9.17) is 4.74 Å². The third kappa shape index (κ3) is 4.44. The predicted molar refractivity (Wildman–Crippen MR) is 96.9 cm³/mol. The van der Waals surface area contributed by atoms with E-state index in [2.05, 4.69) is 5.32 Å². The summed E-state index contributed by atoms with van der Waals surface area (Å²) in [5, 5.41) is 3.00. The molecule has 1 saturated carbocycles. The van der Waals surface area contributed by atoms with Crippen LogP contribution >= 0.6 is 0 Å². The Morgan fingerprint density at radius 2 is 1.88 bits per heavy atom. The fourth-order valence-electron chi connectivity index (χ4n) is 3.61. The lowest BCUT2D eigenvalue weighted by Gasteiger charge is -2.23. The Morgan fingerprint density at radius 1 is 1.16 bits per heavy atom. The number of carbonyl (C=O) groups is 2. The smallest absolute Gasteiger partial charge is 0.325 e. The number of amides is 3. The zero-order chi connectivity index (χ0) is 17.6. The molecule has 0 bridgehead atoms. The van der Waals surface area contributed by atoms with E-state index in [0.717, 1.165) is 18.0 Å². The number of nitrogens with one attached hydrogen (secondary N) is 1. The van der Waals surface area contributed by atoms with Crippen LogP contribution in [0, 0.1) is 5.92 Å². The third-order valence-corrected chi connectivity index (χ3v) is 5.13. The summed E-state index contributed by atoms with van der Waals surface area (Å²) in [4.78, 5) is 28.0. The number of ether oxygens (including phenoxy) is 1. The van der Waals surface area contributed by atoms with Gasteiger partial charge < -0.3 is 15.0 Å². The Bertz CT molecular complexity index is 596. The SMILES string of the molecule is COc1ccc(N2CCN(CC(=O)NCC3CCCCC3)C2=O)cc1. The molecule has 3 amide bonds. The van der Waals surface area contributed by atoms with E-state index in [1.54, 1.807) is 16.9 Å². The molecule has 2 aliphatic rings. The van der Waals surface area contributed by atoms with E-state index in [1.807, 2.05) is 24.3 Å². The lowest BCUT2D eigenvalue weighted by atomic mass is 9.89. The molecule has 25 heavy (non-hydrogen) atoms. The zero-order valence-corrected chi connectivity index (χ0v) is 14.9. The molecule has 136 valence electrons. The highest BCUT2D eigenvalue weighted by Crippen LogP contribution is 2.24. The van der Waals surface area contributed by atoms with Crippen LogP contribution in [0.5, 0.6) is 5.75 Å². The maximum absolute atomic E-state index is 12.5. The number of benzene rings is 1. The highest BCUT2D eigenvalue weighted by atomic mass is 16.5. The lowest BCUT2D eigenvalue weighted by Crippen LogP contribution is -2.41. The van der Waals surface area contributed by atoms with Crippen molar-refractivity contribution in [3.05, 3.63) is 24.3 Å². The topological polar surface area (TPSA) is 61.9 Å². The number of hydrogen-bond acceptors (Lipinski definition) is 3. The summed E-state index contributed by atoms with van der Waals surface area (Å²) in [5.74, 6) is 1.30. The molecule has 1 aromatic rings. The van der Waals surface area contributed by atoms with Crippen LogP contribution in [0.4, 0.5) is 10.5 Å². The van der Waals surface area contributed by atoms with E-state index in [9.17, 15) is 9.59 Å². The minimum Gasteiger partial charge on any atom is -0.497 e. The Balaban J connectivity index is 1.48. The monoisotopic (exact) mass is 345 g/mol. The number of methoxy groups -OCH3 is 1. The van der Waals surface area contributed by atoms with Gasteiger partial charge in [0.1, 0.15) is 12.3 Å². The summed E-state index contributed by atoms with van der Waals surface area (Å²) in [6.45, 7) is 2.05. The standard InChI is InChI=1S/C19H27N3O3/c1-25-17-9-7-16(8-10-17)22-12-11-21(19(22)24)14-18(23)20-13-15-5-3-2-4-6-15/h7-10,15H,2-6,11-14H2,1H3,(H,20,23). The summed E-state index contributed by atoms with van der Waals surface area (Å²) in [6, 6.07) is 7.29. The minimum absolute atomic E-state index is 0.0597. The summed E-state index contributed by atoms with van der Waals surface area (Å²) >= 11 is 0. The molecule has 1 N–H and O–H groups in total. The second kappa shape index (κ2) is 8.23. The largest absolute Gasteiger partial charge is 0.497 e. The summed E-state index contributed by atoms with van der Waals surface area (Å²) in [6.07, 6.45) is 6.25. The molecule has 2 fully saturated rings. The molecule has 6 heteroatoms. The average molecular weight is 345 g/mol. The van der Waals surface area contributed by atoms with Crippen molar-refractivity contribution in [1.82, 2.24) is 10.2 Å². The molecule has 1 heterocycles. The Labute approximate surface area is 149 Å². The zero-order valence-electron chi connectivity index (χ0n) is 14.9. The van der Waals surface area contributed by atoms with Crippen LogP contribution in [0.1, 0.15) is 32.1 Å². The van der Waals surface area contributed by atoms with Gasteiger partial charge in [-0.25, -0.2) is 4.79 Å². The van der Waals surface area contributed by atoms with Gasteiger partial charge in [-0.05, 0) is 43.0 Å². The van der Waals surface area contributed by atoms with Gasteiger partial charge in [0.2, 0.25) is 5.91 Å². The van der Waals surface area contributed by atoms with Gasteiger partial charge in [0.25, 0.3) is 0 Å². The van der Waals surface area contributed by atoms with E-state index < -0.39 is 0 Å². The number of anilines is 1. The summed E-state index contributed by atoms with van der Waals surface area (Å²) < 4.78 is 5.14. The van der Waals surface area contributed by atoms with Crippen LogP contribution in [0.15, 0.2) is 24.3 Å². The first-order chi connectivity index (χ1) is 12.2. The van der Waals surface area contributed by atoms with Crippen molar-refractivity contribution in [2.45, 2.75) is 32.1 Å². The van der Waals surface area contributed by atoms with E-state index in [1.165, 1.54) is 32.1 Å². The Hall–Kier alpha value is -2.24. The summed E-state index contributed by atoms with van der Waals surface area (Å²) in [5.41, 5.74) is 0.830. The lowest BCUT2D eigenvalue weighted by molar-refractivity contribution is -0.121. The van der Waals surface area contributed by atoms with Crippen molar-refractivity contribution in [2.75, 3.05) is 38.2 Å². The van der Waals surface area contributed by atoms with Crippen molar-refractivity contribution in [3.8, 4) is 5.75 Å². The maximum atomic E-state index is 12.5. The van der Waals surface area contributed by atoms with Gasteiger partial charge in [0, 0.05) is 25.3 Å². The first-order valence-electron chi connectivity index (χ1n) is 9.14. The number of urea groups is 1. The molecule has 0 aromatic heterocycles. The second-order valence-electron chi connectivity index (χ2n) is 6.86. The van der Waals surface area contributed by atoms with Gasteiger partial charge in [-0.1, -0.05) is 19.3 Å². The Morgan fingerprint density at radius 3 is 2.56 bits per heavy atom. The Kier molecular flexibility index (Phi) is 5.79. The molecule has 1 aliphatic heterocycles.